The Morgan fingerprint density at radius 3 is 1.50 bits per heavy atom. The summed E-state index contributed by atoms with van der Waals surface area (Å²) >= 11 is 0. The molecule has 1 unspecified atom stereocenters. The SMILES string of the molecule is CC(=O)Oc1ccccc1C(O)(CC(F)(F)C(F)(F)C(F)(F)C(F)(F)C(F)(F)C(F)(F)F)C(F)(F)F. The first-order chi connectivity index (χ1) is 15.6. The van der Waals surface area contributed by atoms with Gasteiger partial charge in [0.05, 0.1) is 6.42 Å². The number of para-hydroxylation sites is 1. The van der Waals surface area contributed by atoms with E-state index < -0.39 is 71.3 Å². The van der Waals surface area contributed by atoms with E-state index in [-0.39, 0.29) is 6.07 Å². The van der Waals surface area contributed by atoms with Gasteiger partial charge in [0.2, 0.25) is 0 Å². The fourth-order valence-electron chi connectivity index (χ4n) is 2.63. The van der Waals surface area contributed by atoms with Crippen molar-refractivity contribution in [3.63, 3.8) is 0 Å². The van der Waals surface area contributed by atoms with Crippen LogP contribution in [0.4, 0.5) is 70.2 Å². The molecule has 0 saturated heterocycles. The third-order valence-corrected chi connectivity index (χ3v) is 4.53. The molecule has 36 heavy (non-hydrogen) atoms. The summed E-state index contributed by atoms with van der Waals surface area (Å²) in [5.74, 6) is -43.1. The van der Waals surface area contributed by atoms with Crippen LogP contribution in [0.15, 0.2) is 24.3 Å². The number of hydrogen-bond donors (Lipinski definition) is 1. The van der Waals surface area contributed by atoms with Crippen molar-refractivity contribution in [3.8, 4) is 5.75 Å². The predicted molar refractivity (Wildman–Crippen MR) is 83.1 cm³/mol. The first-order valence-corrected chi connectivity index (χ1v) is 8.64. The van der Waals surface area contributed by atoms with E-state index >= 15 is 0 Å². The summed E-state index contributed by atoms with van der Waals surface area (Å²) < 4.78 is 217. The number of benzene rings is 1. The summed E-state index contributed by atoms with van der Waals surface area (Å²) in [7, 11) is 0. The third-order valence-electron chi connectivity index (χ3n) is 4.53. The van der Waals surface area contributed by atoms with Crippen LogP contribution in [0.25, 0.3) is 0 Å². The molecule has 1 atom stereocenters. The van der Waals surface area contributed by atoms with Gasteiger partial charge < -0.3 is 9.84 Å². The van der Waals surface area contributed by atoms with Gasteiger partial charge in [-0.1, -0.05) is 18.2 Å². The highest BCUT2D eigenvalue weighted by atomic mass is 19.4. The Labute approximate surface area is 188 Å². The molecule has 1 aromatic rings. The van der Waals surface area contributed by atoms with Crippen LogP contribution in [0.2, 0.25) is 0 Å². The summed E-state index contributed by atoms with van der Waals surface area (Å²) in [6.45, 7) is 0.510. The molecular weight excluding hydrogens is 556 g/mol. The topological polar surface area (TPSA) is 46.5 Å². The number of rotatable bonds is 8. The molecule has 0 radical (unpaired) electrons. The lowest BCUT2D eigenvalue weighted by Gasteiger charge is -2.42. The molecule has 0 aliphatic carbocycles. The van der Waals surface area contributed by atoms with E-state index in [9.17, 15) is 80.1 Å². The minimum Gasteiger partial charge on any atom is -0.426 e. The Morgan fingerprint density at radius 1 is 0.694 bits per heavy atom. The van der Waals surface area contributed by atoms with Gasteiger partial charge in [0.1, 0.15) is 5.75 Å². The molecule has 0 aliphatic rings. The standard InChI is InChI=1S/C17H10F16O3/c1-7(34)36-9-5-3-2-4-8(9)10(35,16(28,29)30)6-11(18,19)12(20,21)13(22,23)14(24,25)15(26,27)17(31,32)33/h2-5,35H,6H2,1H3. The number of alkyl halides is 16. The van der Waals surface area contributed by atoms with Gasteiger partial charge in [0.25, 0.3) is 0 Å². The lowest BCUT2D eigenvalue weighted by molar-refractivity contribution is -0.443. The quantitative estimate of drug-likeness (QED) is 0.223. The largest absolute Gasteiger partial charge is 0.460 e. The average Bonchev–Trinajstić information content (AvgIpc) is 2.65. The fourth-order valence-corrected chi connectivity index (χ4v) is 2.63. The van der Waals surface area contributed by atoms with Gasteiger partial charge in [-0.2, -0.15) is 70.2 Å². The van der Waals surface area contributed by atoms with Crippen molar-refractivity contribution in [2.75, 3.05) is 0 Å². The van der Waals surface area contributed by atoms with E-state index in [4.69, 9.17) is 0 Å². The Morgan fingerprint density at radius 2 is 1.11 bits per heavy atom. The molecule has 19 heteroatoms. The minimum atomic E-state index is -8.36. The third kappa shape index (κ3) is 4.77. The zero-order chi connectivity index (χ0) is 29.0. The van der Waals surface area contributed by atoms with Crippen molar-refractivity contribution in [2.24, 2.45) is 0 Å². The number of carbonyl (C=O) groups is 1. The highest BCUT2D eigenvalue weighted by molar-refractivity contribution is 5.70. The van der Waals surface area contributed by atoms with Crippen LogP contribution in [0.3, 0.4) is 0 Å². The lowest BCUT2D eigenvalue weighted by Crippen LogP contribution is -2.70. The Kier molecular flexibility index (Phi) is 7.74. The normalized spacial score (nSPS) is 16.5. The van der Waals surface area contributed by atoms with Gasteiger partial charge in [0, 0.05) is 12.5 Å². The van der Waals surface area contributed by atoms with Gasteiger partial charge in [-0.3, -0.25) is 4.79 Å². The van der Waals surface area contributed by atoms with Gasteiger partial charge in [-0.15, -0.1) is 0 Å². The van der Waals surface area contributed by atoms with Crippen LogP contribution in [-0.4, -0.2) is 53.0 Å². The second kappa shape index (κ2) is 8.83. The summed E-state index contributed by atoms with van der Waals surface area (Å²) in [4.78, 5) is 11.0. The van der Waals surface area contributed by atoms with Crippen molar-refractivity contribution in [2.45, 2.75) is 60.9 Å². The van der Waals surface area contributed by atoms with E-state index in [1.165, 1.54) is 0 Å². The maximum atomic E-state index is 14.2. The van der Waals surface area contributed by atoms with Crippen molar-refractivity contribution >= 4 is 5.97 Å². The number of ether oxygens (including phenoxy) is 1. The summed E-state index contributed by atoms with van der Waals surface area (Å²) in [5.41, 5.74) is -7.47. The van der Waals surface area contributed by atoms with Crippen LogP contribution < -0.4 is 4.74 Å². The second-order valence-electron chi connectivity index (χ2n) is 7.12. The fraction of sp³-hybridized carbons (Fsp3) is 0.588. The molecule has 0 spiro atoms. The Bertz CT molecular complexity index is 965. The Hall–Kier alpha value is -2.47. The minimum absolute atomic E-state index is 0.00450. The van der Waals surface area contributed by atoms with Crippen molar-refractivity contribution in [1.82, 2.24) is 0 Å². The number of esters is 1. The average molecular weight is 566 g/mol. The molecule has 208 valence electrons. The number of aliphatic hydroxyl groups is 1. The zero-order valence-electron chi connectivity index (χ0n) is 16.8. The van der Waals surface area contributed by atoms with E-state index in [1.807, 2.05) is 0 Å². The van der Waals surface area contributed by atoms with Crippen LogP contribution >= 0.6 is 0 Å². The molecule has 1 N–H and O–H groups in total. The van der Waals surface area contributed by atoms with Crippen molar-refractivity contribution < 1.29 is 84.9 Å². The van der Waals surface area contributed by atoms with Gasteiger partial charge >= 0.3 is 47.9 Å². The maximum Gasteiger partial charge on any atom is 0.460 e. The second-order valence-corrected chi connectivity index (χ2v) is 7.12. The molecule has 1 aromatic carbocycles. The summed E-state index contributed by atoms with van der Waals surface area (Å²) in [5, 5.41) is 9.88. The smallest absolute Gasteiger partial charge is 0.426 e. The van der Waals surface area contributed by atoms with Gasteiger partial charge in [0.15, 0.2) is 5.60 Å². The van der Waals surface area contributed by atoms with Gasteiger partial charge in [-0.05, 0) is 6.07 Å². The molecule has 0 saturated carbocycles. The maximum absolute atomic E-state index is 14.2. The molecular formula is C17H10F16O3. The summed E-state index contributed by atoms with van der Waals surface area (Å²) in [6.07, 6.45) is -18.3. The van der Waals surface area contributed by atoms with Crippen molar-refractivity contribution in [3.05, 3.63) is 29.8 Å². The number of halogens is 16. The molecule has 1 rings (SSSR count). The van der Waals surface area contributed by atoms with E-state index in [0.29, 0.717) is 19.1 Å². The molecule has 0 aliphatic heterocycles. The van der Waals surface area contributed by atoms with E-state index in [1.54, 1.807) is 0 Å². The predicted octanol–water partition coefficient (Wildman–Crippen LogP) is 6.49. The van der Waals surface area contributed by atoms with Crippen LogP contribution in [0.5, 0.6) is 5.75 Å². The number of carbonyl (C=O) groups excluding carboxylic acids is 1. The Balaban J connectivity index is 3.77. The van der Waals surface area contributed by atoms with Crippen LogP contribution in [-0.2, 0) is 10.4 Å². The molecule has 0 fully saturated rings. The lowest BCUT2D eigenvalue weighted by atomic mass is 9.82. The van der Waals surface area contributed by atoms with Crippen LogP contribution in [0, 0.1) is 0 Å². The molecule has 3 nitrogen and oxygen atoms in total. The molecule has 0 heterocycles. The molecule has 0 bridgehead atoms. The monoisotopic (exact) mass is 566 g/mol. The molecule has 0 amide bonds. The highest BCUT2D eigenvalue weighted by Gasteiger charge is 2.91. The summed E-state index contributed by atoms with van der Waals surface area (Å²) in [6, 6.07) is 1.59. The van der Waals surface area contributed by atoms with E-state index in [0.717, 1.165) is 6.07 Å². The van der Waals surface area contributed by atoms with E-state index in [2.05, 4.69) is 4.74 Å². The first-order valence-electron chi connectivity index (χ1n) is 8.64. The van der Waals surface area contributed by atoms with Crippen LogP contribution in [0.1, 0.15) is 18.9 Å². The van der Waals surface area contributed by atoms with Gasteiger partial charge in [-0.25, -0.2) is 0 Å². The van der Waals surface area contributed by atoms with Crippen molar-refractivity contribution in [1.29, 1.82) is 0 Å². The molecule has 0 aromatic heterocycles. The highest BCUT2D eigenvalue weighted by Crippen LogP contribution is 2.62. The zero-order valence-corrected chi connectivity index (χ0v) is 16.8. The number of hydrogen-bond acceptors (Lipinski definition) is 3. The first kappa shape index (κ1) is 31.6.